The number of hydrogen-bond donors (Lipinski definition) is 1. The summed E-state index contributed by atoms with van der Waals surface area (Å²) in [5.41, 5.74) is 6.32. The van der Waals surface area contributed by atoms with E-state index in [9.17, 15) is 14.4 Å². The molecule has 1 aromatic carbocycles. The zero-order valence-electron chi connectivity index (χ0n) is 16.4. The number of rotatable bonds is 7. The van der Waals surface area contributed by atoms with E-state index in [1.807, 2.05) is 40.1 Å². The predicted molar refractivity (Wildman–Crippen MR) is 106 cm³/mol. The first-order valence-electron chi connectivity index (χ1n) is 10.0. The molecule has 1 saturated heterocycles. The smallest absolute Gasteiger partial charge is 0.325 e. The molecule has 1 unspecified atom stereocenters. The van der Waals surface area contributed by atoms with Crippen molar-refractivity contribution in [2.45, 2.75) is 57.0 Å². The molecule has 0 radical (unpaired) electrons. The summed E-state index contributed by atoms with van der Waals surface area (Å²) in [6.07, 6.45) is 4.85. The monoisotopic (exact) mass is 387 g/mol. The van der Waals surface area contributed by atoms with E-state index in [0.717, 1.165) is 37.8 Å². The van der Waals surface area contributed by atoms with Crippen LogP contribution in [0.4, 0.5) is 10.5 Å². The third-order valence-corrected chi connectivity index (χ3v) is 5.94. The molecule has 152 valence electrons. The van der Waals surface area contributed by atoms with Gasteiger partial charge in [0.05, 0.1) is 13.2 Å². The standard InChI is InChI=1S/C21H29N3O4/c1-28-19(25)9-5-8-18-14-23(16-12-10-15(11-13-16)20(22)26)21(27)24(18)17-6-3-2-4-7-17/h2-4,6-7,15-16,18H,5,8-14H2,1H3,(H2,22,26). The van der Waals surface area contributed by atoms with Crippen molar-refractivity contribution < 1.29 is 19.1 Å². The molecule has 0 aromatic heterocycles. The molecule has 1 aliphatic carbocycles. The lowest BCUT2D eigenvalue weighted by Crippen LogP contribution is -2.42. The topological polar surface area (TPSA) is 92.9 Å². The molecular formula is C21H29N3O4. The zero-order chi connectivity index (χ0) is 20.1. The number of methoxy groups -OCH3 is 1. The Morgan fingerprint density at radius 3 is 2.43 bits per heavy atom. The van der Waals surface area contributed by atoms with E-state index in [0.29, 0.717) is 19.4 Å². The van der Waals surface area contributed by atoms with Crippen LogP contribution >= 0.6 is 0 Å². The van der Waals surface area contributed by atoms with Crippen LogP contribution in [0.1, 0.15) is 44.9 Å². The number of primary amides is 1. The van der Waals surface area contributed by atoms with Gasteiger partial charge in [0.15, 0.2) is 0 Å². The highest BCUT2D eigenvalue weighted by atomic mass is 16.5. The SMILES string of the molecule is COC(=O)CCCC1CN(C2CCC(C(N)=O)CC2)C(=O)N1c1ccccc1. The van der Waals surface area contributed by atoms with Gasteiger partial charge in [-0.3, -0.25) is 14.5 Å². The number of urea groups is 1. The second-order valence-electron chi connectivity index (χ2n) is 7.67. The Bertz CT molecular complexity index is 701. The largest absolute Gasteiger partial charge is 0.469 e. The fraction of sp³-hybridized carbons (Fsp3) is 0.571. The van der Waals surface area contributed by atoms with Crippen molar-refractivity contribution in [3.8, 4) is 0 Å². The zero-order valence-corrected chi connectivity index (χ0v) is 16.4. The molecule has 1 atom stereocenters. The van der Waals surface area contributed by atoms with Crippen molar-refractivity contribution in [3.63, 3.8) is 0 Å². The van der Waals surface area contributed by atoms with Gasteiger partial charge in [0.25, 0.3) is 0 Å². The fourth-order valence-electron chi connectivity index (χ4n) is 4.37. The van der Waals surface area contributed by atoms with Gasteiger partial charge in [0.1, 0.15) is 0 Å². The van der Waals surface area contributed by atoms with Crippen LogP contribution in [0.15, 0.2) is 30.3 Å². The first-order chi connectivity index (χ1) is 13.5. The molecule has 1 heterocycles. The number of anilines is 1. The van der Waals surface area contributed by atoms with Crippen LogP contribution < -0.4 is 10.6 Å². The van der Waals surface area contributed by atoms with E-state index in [4.69, 9.17) is 10.5 Å². The summed E-state index contributed by atoms with van der Waals surface area (Å²) in [7, 11) is 1.39. The number of carbonyl (C=O) groups is 3. The molecule has 2 fully saturated rings. The molecule has 28 heavy (non-hydrogen) atoms. The van der Waals surface area contributed by atoms with Crippen molar-refractivity contribution in [2.75, 3.05) is 18.6 Å². The minimum atomic E-state index is -0.238. The Hall–Kier alpha value is -2.57. The highest BCUT2D eigenvalue weighted by Gasteiger charge is 2.42. The van der Waals surface area contributed by atoms with Crippen molar-refractivity contribution in [3.05, 3.63) is 30.3 Å². The van der Waals surface area contributed by atoms with Crippen LogP contribution in [0.2, 0.25) is 0 Å². The van der Waals surface area contributed by atoms with Gasteiger partial charge in [-0.05, 0) is 50.7 Å². The highest BCUT2D eigenvalue weighted by Crippen LogP contribution is 2.34. The molecule has 0 bridgehead atoms. The third-order valence-electron chi connectivity index (χ3n) is 5.94. The lowest BCUT2D eigenvalue weighted by Gasteiger charge is -2.33. The summed E-state index contributed by atoms with van der Waals surface area (Å²) in [5, 5.41) is 0. The van der Waals surface area contributed by atoms with Crippen LogP contribution in [0.5, 0.6) is 0 Å². The molecule has 1 saturated carbocycles. The van der Waals surface area contributed by atoms with Crippen molar-refractivity contribution in [2.24, 2.45) is 11.7 Å². The number of nitrogens with two attached hydrogens (primary N) is 1. The minimum absolute atomic E-state index is 0.0109. The Labute approximate surface area is 165 Å². The van der Waals surface area contributed by atoms with Crippen LogP contribution in [0.25, 0.3) is 0 Å². The van der Waals surface area contributed by atoms with Gasteiger partial charge in [-0.15, -0.1) is 0 Å². The fourth-order valence-corrected chi connectivity index (χ4v) is 4.37. The molecule has 7 heteroatoms. The van der Waals surface area contributed by atoms with Crippen molar-refractivity contribution >= 4 is 23.6 Å². The number of esters is 1. The van der Waals surface area contributed by atoms with E-state index in [2.05, 4.69) is 0 Å². The molecular weight excluding hydrogens is 358 g/mol. The summed E-state index contributed by atoms with van der Waals surface area (Å²) in [6, 6.07) is 9.84. The van der Waals surface area contributed by atoms with E-state index in [1.165, 1.54) is 7.11 Å². The maximum Gasteiger partial charge on any atom is 0.325 e. The van der Waals surface area contributed by atoms with E-state index in [1.54, 1.807) is 0 Å². The molecule has 0 spiro atoms. The number of ether oxygens (including phenoxy) is 1. The van der Waals surface area contributed by atoms with Crippen LogP contribution in [-0.4, -0.2) is 48.5 Å². The molecule has 7 nitrogen and oxygen atoms in total. The summed E-state index contributed by atoms with van der Waals surface area (Å²) < 4.78 is 4.73. The van der Waals surface area contributed by atoms with Gasteiger partial charge in [-0.25, -0.2) is 4.79 Å². The maximum absolute atomic E-state index is 13.3. The van der Waals surface area contributed by atoms with Crippen LogP contribution in [0.3, 0.4) is 0 Å². The number of benzene rings is 1. The second kappa shape index (κ2) is 9.08. The molecule has 1 aromatic rings. The van der Waals surface area contributed by atoms with Crippen molar-refractivity contribution in [1.29, 1.82) is 0 Å². The summed E-state index contributed by atoms with van der Waals surface area (Å²) in [5.74, 6) is -0.537. The first kappa shape index (κ1) is 20.2. The average molecular weight is 387 g/mol. The van der Waals surface area contributed by atoms with Crippen LogP contribution in [0, 0.1) is 5.92 Å². The molecule has 2 aliphatic rings. The normalized spacial score (nSPS) is 25.0. The van der Waals surface area contributed by atoms with E-state index >= 15 is 0 Å². The van der Waals surface area contributed by atoms with Gasteiger partial charge in [-0.1, -0.05) is 18.2 Å². The Kier molecular flexibility index (Phi) is 6.54. The molecule has 3 amide bonds. The lowest BCUT2D eigenvalue weighted by molar-refractivity contribution is -0.140. The van der Waals surface area contributed by atoms with E-state index < -0.39 is 0 Å². The summed E-state index contributed by atoms with van der Waals surface area (Å²) in [6.45, 7) is 0.640. The third kappa shape index (κ3) is 4.46. The van der Waals surface area contributed by atoms with Gasteiger partial charge in [0.2, 0.25) is 5.91 Å². The number of carbonyl (C=O) groups excluding carboxylic acids is 3. The Morgan fingerprint density at radius 2 is 1.82 bits per heavy atom. The number of nitrogens with zero attached hydrogens (tertiary/aromatic N) is 2. The molecule has 1 aliphatic heterocycles. The van der Waals surface area contributed by atoms with Gasteiger partial charge in [0, 0.05) is 30.6 Å². The second-order valence-corrected chi connectivity index (χ2v) is 7.67. The molecule has 3 rings (SSSR count). The van der Waals surface area contributed by atoms with Gasteiger partial charge in [-0.2, -0.15) is 0 Å². The first-order valence-corrected chi connectivity index (χ1v) is 10.0. The highest BCUT2D eigenvalue weighted by molar-refractivity contribution is 5.95. The van der Waals surface area contributed by atoms with Crippen molar-refractivity contribution in [1.82, 2.24) is 4.90 Å². The van der Waals surface area contributed by atoms with Gasteiger partial charge >= 0.3 is 12.0 Å². The van der Waals surface area contributed by atoms with E-state index in [-0.39, 0.29) is 35.9 Å². The number of para-hydroxylation sites is 1. The number of hydrogen-bond acceptors (Lipinski definition) is 4. The summed E-state index contributed by atoms with van der Waals surface area (Å²) in [4.78, 5) is 39.9. The Morgan fingerprint density at radius 1 is 1.14 bits per heavy atom. The van der Waals surface area contributed by atoms with Gasteiger partial charge < -0.3 is 15.4 Å². The minimum Gasteiger partial charge on any atom is -0.469 e. The summed E-state index contributed by atoms with van der Waals surface area (Å²) >= 11 is 0. The lowest BCUT2D eigenvalue weighted by atomic mass is 9.85. The maximum atomic E-state index is 13.3. The predicted octanol–water partition coefficient (Wildman–Crippen LogP) is 2.68. The average Bonchev–Trinajstić information content (AvgIpc) is 3.04. The Balaban J connectivity index is 1.70. The number of amides is 3. The quantitative estimate of drug-likeness (QED) is 0.728. The van der Waals surface area contributed by atoms with Crippen LogP contribution in [-0.2, 0) is 14.3 Å². The molecule has 2 N–H and O–H groups in total.